The van der Waals surface area contributed by atoms with Crippen molar-refractivity contribution in [1.29, 1.82) is 0 Å². The third-order valence-corrected chi connectivity index (χ3v) is 4.95. The second-order valence-corrected chi connectivity index (χ2v) is 6.67. The Labute approximate surface area is 104 Å². The van der Waals surface area contributed by atoms with Crippen LogP contribution in [0.5, 0.6) is 0 Å². The molecule has 0 aromatic carbocycles. The molecule has 100 valence electrons. The van der Waals surface area contributed by atoms with Gasteiger partial charge in [-0.15, -0.1) is 0 Å². The molecule has 0 aliphatic carbocycles. The van der Waals surface area contributed by atoms with Crippen molar-refractivity contribution in [2.75, 3.05) is 0 Å². The molecule has 8 heteroatoms. The first-order chi connectivity index (χ1) is 8.10. The monoisotopic (exact) mass is 274 g/mol. The zero-order valence-corrected chi connectivity index (χ0v) is 11.3. The van der Waals surface area contributed by atoms with Gasteiger partial charge in [-0.3, -0.25) is 14.9 Å². The van der Waals surface area contributed by atoms with Crippen molar-refractivity contribution < 1.29 is 13.3 Å². The van der Waals surface area contributed by atoms with Gasteiger partial charge in [0.2, 0.25) is 0 Å². The van der Waals surface area contributed by atoms with Crippen LogP contribution in [0.25, 0.3) is 0 Å². The lowest BCUT2D eigenvalue weighted by Crippen LogP contribution is -2.26. The lowest BCUT2D eigenvalue weighted by Gasteiger charge is -2.10. The lowest BCUT2D eigenvalue weighted by atomic mass is 10.2. The summed E-state index contributed by atoms with van der Waals surface area (Å²) >= 11 is 0. The summed E-state index contributed by atoms with van der Waals surface area (Å²) in [4.78, 5) is 23.6. The minimum atomic E-state index is -3.86. The van der Waals surface area contributed by atoms with Crippen LogP contribution in [0.2, 0.25) is 0 Å². The van der Waals surface area contributed by atoms with E-state index in [9.17, 15) is 23.3 Å². The molecule has 0 aliphatic rings. The van der Waals surface area contributed by atoms with Crippen molar-refractivity contribution in [3.8, 4) is 0 Å². The molecule has 18 heavy (non-hydrogen) atoms. The standard InChI is InChI=1S/C10H14N2O5S/c1-5(2)18(16,17)9-6(3)8(12(14)15)7(4)11-10(9)13/h5H,1-4H3,(H,11,13). The predicted octanol–water partition coefficient (Wildman–Crippen LogP) is 1.08. The van der Waals surface area contributed by atoms with E-state index in [2.05, 4.69) is 4.98 Å². The van der Waals surface area contributed by atoms with Crippen LogP contribution in [-0.4, -0.2) is 23.6 Å². The molecule has 0 atom stereocenters. The van der Waals surface area contributed by atoms with Gasteiger partial charge in [0.1, 0.15) is 4.90 Å². The number of aromatic amines is 1. The van der Waals surface area contributed by atoms with Crippen molar-refractivity contribution >= 4 is 15.5 Å². The highest BCUT2D eigenvalue weighted by atomic mass is 32.2. The molecule has 0 bridgehead atoms. The van der Waals surface area contributed by atoms with Crippen molar-refractivity contribution in [2.45, 2.75) is 37.8 Å². The Hall–Kier alpha value is -1.70. The molecule has 0 saturated heterocycles. The Balaban J connectivity index is 3.84. The molecular formula is C10H14N2O5S. The van der Waals surface area contributed by atoms with Crippen molar-refractivity contribution in [2.24, 2.45) is 0 Å². The van der Waals surface area contributed by atoms with Gasteiger partial charge in [0.25, 0.3) is 11.2 Å². The summed E-state index contributed by atoms with van der Waals surface area (Å²) < 4.78 is 24.0. The second kappa shape index (κ2) is 4.52. The van der Waals surface area contributed by atoms with Gasteiger partial charge in [0, 0.05) is 0 Å². The van der Waals surface area contributed by atoms with Crippen LogP contribution < -0.4 is 5.56 Å². The molecule has 0 fully saturated rings. The van der Waals surface area contributed by atoms with E-state index in [0.29, 0.717) is 0 Å². The maximum Gasteiger partial charge on any atom is 0.292 e. The number of hydrogen-bond acceptors (Lipinski definition) is 5. The van der Waals surface area contributed by atoms with Crippen LogP contribution in [0.1, 0.15) is 25.1 Å². The number of H-pyrrole nitrogens is 1. The van der Waals surface area contributed by atoms with Gasteiger partial charge in [-0.05, 0) is 27.7 Å². The van der Waals surface area contributed by atoms with E-state index >= 15 is 0 Å². The highest BCUT2D eigenvalue weighted by molar-refractivity contribution is 7.92. The maximum atomic E-state index is 12.0. The average molecular weight is 274 g/mol. The van der Waals surface area contributed by atoms with Gasteiger partial charge in [-0.25, -0.2) is 8.42 Å². The molecule has 1 rings (SSSR count). The summed E-state index contributed by atoms with van der Waals surface area (Å²) in [5, 5.41) is 10.1. The van der Waals surface area contributed by atoms with Crippen LogP contribution >= 0.6 is 0 Å². The van der Waals surface area contributed by atoms with Crippen molar-refractivity contribution in [3.63, 3.8) is 0 Å². The molecule has 1 heterocycles. The van der Waals surface area contributed by atoms with E-state index in [1.807, 2.05) is 0 Å². The summed E-state index contributed by atoms with van der Waals surface area (Å²) in [6, 6.07) is 0. The summed E-state index contributed by atoms with van der Waals surface area (Å²) in [6.07, 6.45) is 0. The molecule has 1 N–H and O–H groups in total. The fourth-order valence-electron chi connectivity index (χ4n) is 1.70. The molecule has 1 aromatic heterocycles. The van der Waals surface area contributed by atoms with Gasteiger partial charge >= 0.3 is 0 Å². The van der Waals surface area contributed by atoms with Gasteiger partial charge < -0.3 is 4.98 Å². The number of sulfone groups is 1. The Kier molecular flexibility index (Phi) is 3.61. The third-order valence-electron chi connectivity index (χ3n) is 2.65. The lowest BCUT2D eigenvalue weighted by molar-refractivity contribution is -0.386. The fourth-order valence-corrected chi connectivity index (χ4v) is 3.00. The molecule has 0 spiro atoms. The van der Waals surface area contributed by atoms with E-state index in [1.165, 1.54) is 27.7 Å². The molecule has 0 aliphatic heterocycles. The minimum absolute atomic E-state index is 0.0465. The number of nitro groups is 1. The summed E-state index contributed by atoms with van der Waals surface area (Å²) in [6.45, 7) is 5.47. The van der Waals surface area contributed by atoms with E-state index < -0.39 is 30.5 Å². The Morgan fingerprint density at radius 2 is 1.78 bits per heavy atom. The molecule has 0 amide bonds. The first-order valence-electron chi connectivity index (χ1n) is 5.22. The number of hydrogen-bond donors (Lipinski definition) is 1. The Morgan fingerprint density at radius 1 is 1.28 bits per heavy atom. The van der Waals surface area contributed by atoms with Crippen molar-refractivity contribution in [1.82, 2.24) is 4.98 Å². The first kappa shape index (κ1) is 14.4. The number of nitrogens with one attached hydrogen (secondary N) is 1. The highest BCUT2D eigenvalue weighted by Gasteiger charge is 2.31. The molecule has 0 radical (unpaired) electrons. The Morgan fingerprint density at radius 3 is 2.17 bits per heavy atom. The predicted molar refractivity (Wildman–Crippen MR) is 65.5 cm³/mol. The van der Waals surface area contributed by atoms with Crippen LogP contribution in [0.15, 0.2) is 9.69 Å². The van der Waals surface area contributed by atoms with E-state index in [0.717, 1.165) is 0 Å². The quantitative estimate of drug-likeness (QED) is 0.655. The Bertz CT molecular complexity index is 658. The van der Waals surface area contributed by atoms with Gasteiger partial charge in [-0.2, -0.15) is 0 Å². The van der Waals surface area contributed by atoms with Crippen LogP contribution in [0, 0.1) is 24.0 Å². The van der Waals surface area contributed by atoms with Gasteiger partial charge in [0.15, 0.2) is 9.84 Å². The molecular weight excluding hydrogens is 260 g/mol. The van der Waals surface area contributed by atoms with Crippen LogP contribution in [-0.2, 0) is 9.84 Å². The smallest absolute Gasteiger partial charge is 0.292 e. The van der Waals surface area contributed by atoms with Gasteiger partial charge in [-0.1, -0.05) is 0 Å². The summed E-state index contributed by atoms with van der Waals surface area (Å²) in [5.41, 5.74) is -1.25. The highest BCUT2D eigenvalue weighted by Crippen LogP contribution is 2.26. The maximum absolute atomic E-state index is 12.0. The first-order valence-corrected chi connectivity index (χ1v) is 6.77. The van der Waals surface area contributed by atoms with Gasteiger partial charge in [0.05, 0.1) is 21.4 Å². The number of pyridine rings is 1. The SMILES string of the molecule is Cc1[nH]c(=O)c(S(=O)(=O)C(C)C)c(C)c1[N+](=O)[O-]. The molecule has 0 unspecified atom stereocenters. The van der Waals surface area contributed by atoms with E-state index in [-0.39, 0.29) is 16.9 Å². The summed E-state index contributed by atoms with van der Waals surface area (Å²) in [5.74, 6) is 0. The number of rotatable bonds is 3. The topological polar surface area (TPSA) is 110 Å². The number of aromatic nitrogens is 1. The van der Waals surface area contributed by atoms with Crippen LogP contribution in [0.4, 0.5) is 5.69 Å². The zero-order valence-electron chi connectivity index (χ0n) is 10.5. The summed E-state index contributed by atoms with van der Waals surface area (Å²) in [7, 11) is -3.86. The fraction of sp³-hybridized carbons (Fsp3) is 0.500. The zero-order chi connectivity index (χ0) is 14.2. The largest absolute Gasteiger partial charge is 0.319 e. The second-order valence-electron chi connectivity index (χ2n) is 4.23. The van der Waals surface area contributed by atoms with E-state index in [1.54, 1.807) is 0 Å². The molecule has 0 saturated carbocycles. The molecule has 1 aromatic rings. The third kappa shape index (κ3) is 2.15. The average Bonchev–Trinajstić information content (AvgIpc) is 2.14. The minimum Gasteiger partial charge on any atom is -0.319 e. The number of nitrogens with zero attached hydrogens (tertiary/aromatic N) is 1. The van der Waals surface area contributed by atoms with Crippen LogP contribution in [0.3, 0.4) is 0 Å². The number of aryl methyl sites for hydroxylation is 1. The normalized spacial score (nSPS) is 11.8. The molecule has 7 nitrogen and oxygen atoms in total. The van der Waals surface area contributed by atoms with Crippen molar-refractivity contribution in [3.05, 3.63) is 31.7 Å². The van der Waals surface area contributed by atoms with E-state index in [4.69, 9.17) is 0 Å².